The summed E-state index contributed by atoms with van der Waals surface area (Å²) >= 11 is 5.90. The van der Waals surface area contributed by atoms with Crippen LogP contribution in [0.3, 0.4) is 0 Å². The van der Waals surface area contributed by atoms with E-state index < -0.39 is 0 Å². The lowest BCUT2D eigenvalue weighted by molar-refractivity contribution is -0.121. The molecule has 0 spiro atoms. The van der Waals surface area contributed by atoms with Gasteiger partial charge in [-0.2, -0.15) is 0 Å². The molecule has 0 aliphatic carbocycles. The molecule has 1 aromatic carbocycles. The average molecular weight is 251 g/mol. The lowest BCUT2D eigenvalue weighted by Crippen LogP contribution is -2.24. The maximum absolute atomic E-state index is 11.6. The molecule has 0 aliphatic rings. The van der Waals surface area contributed by atoms with E-state index in [4.69, 9.17) is 11.6 Å². The molecular formula is C12H11ClN2O2. The van der Waals surface area contributed by atoms with E-state index in [1.54, 1.807) is 36.0 Å². The van der Waals surface area contributed by atoms with Crippen molar-refractivity contribution in [3.63, 3.8) is 0 Å². The molecule has 1 aromatic heterocycles. The lowest BCUT2D eigenvalue weighted by Gasteiger charge is -2.09. The van der Waals surface area contributed by atoms with Crippen molar-refractivity contribution in [2.24, 2.45) is 0 Å². The van der Waals surface area contributed by atoms with Crippen molar-refractivity contribution in [3.8, 4) is 0 Å². The van der Waals surface area contributed by atoms with Gasteiger partial charge >= 0.3 is 0 Å². The standard InChI is InChI=1S/C12H11ClN2O2/c1-14-12(17)7-15-5-4-11(16)9-3-2-8(13)6-10(9)15/h2-6H,7H2,1H3,(H,14,17). The van der Waals surface area contributed by atoms with E-state index >= 15 is 0 Å². The molecule has 5 heteroatoms. The monoisotopic (exact) mass is 250 g/mol. The number of nitrogens with one attached hydrogen (secondary N) is 1. The highest BCUT2D eigenvalue weighted by Crippen LogP contribution is 2.16. The van der Waals surface area contributed by atoms with E-state index in [1.807, 2.05) is 0 Å². The Morgan fingerprint density at radius 1 is 1.41 bits per heavy atom. The number of halogens is 1. The van der Waals surface area contributed by atoms with Gasteiger partial charge in [0.25, 0.3) is 0 Å². The van der Waals surface area contributed by atoms with E-state index in [2.05, 4.69) is 5.32 Å². The summed E-state index contributed by atoms with van der Waals surface area (Å²) in [6, 6.07) is 6.45. The van der Waals surface area contributed by atoms with Crippen LogP contribution in [0.5, 0.6) is 0 Å². The Hall–Kier alpha value is -1.81. The molecular weight excluding hydrogens is 240 g/mol. The highest BCUT2D eigenvalue weighted by atomic mass is 35.5. The van der Waals surface area contributed by atoms with Gasteiger partial charge in [0.2, 0.25) is 5.91 Å². The van der Waals surface area contributed by atoms with E-state index in [1.165, 1.54) is 6.07 Å². The third-order valence-corrected chi connectivity index (χ3v) is 2.77. The van der Waals surface area contributed by atoms with Gasteiger partial charge in [0.15, 0.2) is 5.43 Å². The maximum Gasteiger partial charge on any atom is 0.239 e. The van der Waals surface area contributed by atoms with Crippen molar-refractivity contribution in [2.75, 3.05) is 7.05 Å². The summed E-state index contributed by atoms with van der Waals surface area (Å²) in [5.74, 6) is -0.130. The van der Waals surface area contributed by atoms with Crippen LogP contribution in [0, 0.1) is 0 Å². The molecule has 1 amide bonds. The quantitative estimate of drug-likeness (QED) is 0.876. The molecule has 0 saturated carbocycles. The Bertz CT molecular complexity index is 634. The summed E-state index contributed by atoms with van der Waals surface area (Å²) in [5.41, 5.74) is 0.582. The summed E-state index contributed by atoms with van der Waals surface area (Å²) in [5, 5.41) is 3.63. The minimum atomic E-state index is -0.130. The number of likely N-dealkylation sites (N-methyl/N-ethyl adjacent to an activating group) is 1. The van der Waals surface area contributed by atoms with E-state index in [0.717, 1.165) is 0 Å². The largest absolute Gasteiger partial charge is 0.358 e. The topological polar surface area (TPSA) is 51.1 Å². The second kappa shape index (κ2) is 4.59. The molecule has 0 unspecified atom stereocenters. The fourth-order valence-corrected chi connectivity index (χ4v) is 1.82. The fraction of sp³-hybridized carbons (Fsp3) is 0.167. The molecule has 88 valence electrons. The third kappa shape index (κ3) is 2.31. The van der Waals surface area contributed by atoms with Gasteiger partial charge in [-0.15, -0.1) is 0 Å². The summed E-state index contributed by atoms with van der Waals surface area (Å²) in [6.45, 7) is 0.160. The second-order valence-corrected chi connectivity index (χ2v) is 4.08. The Balaban J connectivity index is 2.64. The summed E-state index contributed by atoms with van der Waals surface area (Å²) in [6.07, 6.45) is 1.59. The van der Waals surface area contributed by atoms with Crippen LogP contribution in [-0.4, -0.2) is 17.5 Å². The molecule has 0 aliphatic heterocycles. The Morgan fingerprint density at radius 3 is 2.88 bits per heavy atom. The van der Waals surface area contributed by atoms with Crippen molar-refractivity contribution in [1.29, 1.82) is 0 Å². The van der Waals surface area contributed by atoms with Gasteiger partial charge in [-0.3, -0.25) is 9.59 Å². The number of amides is 1. The number of benzene rings is 1. The first-order valence-corrected chi connectivity index (χ1v) is 5.49. The number of carbonyl (C=O) groups is 1. The van der Waals surface area contributed by atoms with Gasteiger partial charge in [0.05, 0.1) is 5.52 Å². The number of rotatable bonds is 2. The van der Waals surface area contributed by atoms with Crippen LogP contribution >= 0.6 is 11.6 Å². The van der Waals surface area contributed by atoms with Crippen LogP contribution in [0.1, 0.15) is 0 Å². The highest BCUT2D eigenvalue weighted by molar-refractivity contribution is 6.31. The minimum Gasteiger partial charge on any atom is -0.358 e. The number of hydrogen-bond donors (Lipinski definition) is 1. The SMILES string of the molecule is CNC(=O)Cn1ccc(=O)c2ccc(Cl)cc21. The number of pyridine rings is 1. The first kappa shape index (κ1) is 11.7. The molecule has 17 heavy (non-hydrogen) atoms. The molecule has 0 bridgehead atoms. The number of hydrogen-bond acceptors (Lipinski definition) is 2. The summed E-state index contributed by atoms with van der Waals surface area (Å²) in [4.78, 5) is 23.0. The van der Waals surface area contributed by atoms with Crippen LogP contribution in [0.25, 0.3) is 10.9 Å². The van der Waals surface area contributed by atoms with Crippen LogP contribution in [0.2, 0.25) is 5.02 Å². The lowest BCUT2D eigenvalue weighted by atomic mass is 10.2. The van der Waals surface area contributed by atoms with Gasteiger partial charge in [-0.1, -0.05) is 11.6 Å². The molecule has 1 N–H and O–H groups in total. The van der Waals surface area contributed by atoms with Crippen molar-refractivity contribution < 1.29 is 4.79 Å². The molecule has 0 atom stereocenters. The third-order valence-electron chi connectivity index (χ3n) is 2.53. The van der Waals surface area contributed by atoms with Gasteiger partial charge in [0, 0.05) is 29.7 Å². The molecule has 0 radical (unpaired) electrons. The maximum atomic E-state index is 11.6. The average Bonchev–Trinajstić information content (AvgIpc) is 2.32. The zero-order chi connectivity index (χ0) is 12.4. The van der Waals surface area contributed by atoms with Crippen LogP contribution in [0.15, 0.2) is 35.3 Å². The normalized spacial score (nSPS) is 10.5. The molecule has 4 nitrogen and oxygen atoms in total. The molecule has 0 saturated heterocycles. The van der Waals surface area contributed by atoms with Crippen LogP contribution in [0.4, 0.5) is 0 Å². The van der Waals surface area contributed by atoms with E-state index in [-0.39, 0.29) is 17.9 Å². The zero-order valence-electron chi connectivity index (χ0n) is 9.24. The zero-order valence-corrected chi connectivity index (χ0v) is 9.99. The second-order valence-electron chi connectivity index (χ2n) is 3.64. The number of nitrogens with zero attached hydrogens (tertiary/aromatic N) is 1. The number of fused-ring (bicyclic) bond motifs is 1. The predicted octanol–water partition coefficient (Wildman–Crippen LogP) is 1.40. The van der Waals surface area contributed by atoms with Gasteiger partial charge in [0.1, 0.15) is 6.54 Å². The summed E-state index contributed by atoms with van der Waals surface area (Å²) < 4.78 is 1.70. The summed E-state index contributed by atoms with van der Waals surface area (Å²) in [7, 11) is 1.57. The first-order valence-electron chi connectivity index (χ1n) is 5.11. The molecule has 2 rings (SSSR count). The van der Waals surface area contributed by atoms with Gasteiger partial charge < -0.3 is 9.88 Å². The van der Waals surface area contributed by atoms with E-state index in [0.29, 0.717) is 15.9 Å². The smallest absolute Gasteiger partial charge is 0.239 e. The number of aromatic nitrogens is 1. The van der Waals surface area contributed by atoms with E-state index in [9.17, 15) is 9.59 Å². The van der Waals surface area contributed by atoms with Gasteiger partial charge in [-0.05, 0) is 18.2 Å². The predicted molar refractivity (Wildman–Crippen MR) is 67.3 cm³/mol. The molecule has 0 fully saturated rings. The Kier molecular flexibility index (Phi) is 3.15. The molecule has 2 aromatic rings. The number of carbonyl (C=O) groups excluding carboxylic acids is 1. The van der Waals surface area contributed by atoms with Crippen molar-refractivity contribution in [3.05, 3.63) is 45.7 Å². The first-order chi connectivity index (χ1) is 8.11. The minimum absolute atomic E-state index is 0.0789. The van der Waals surface area contributed by atoms with Crippen LogP contribution in [-0.2, 0) is 11.3 Å². The van der Waals surface area contributed by atoms with Crippen molar-refractivity contribution in [1.82, 2.24) is 9.88 Å². The fourth-order valence-electron chi connectivity index (χ4n) is 1.65. The highest BCUT2D eigenvalue weighted by Gasteiger charge is 2.06. The van der Waals surface area contributed by atoms with Gasteiger partial charge in [-0.25, -0.2) is 0 Å². The van der Waals surface area contributed by atoms with Crippen LogP contribution < -0.4 is 10.7 Å². The van der Waals surface area contributed by atoms with Crippen molar-refractivity contribution in [2.45, 2.75) is 6.54 Å². The Morgan fingerprint density at radius 2 is 2.18 bits per heavy atom. The molecule has 1 heterocycles. The Labute approximate surface area is 103 Å². The van der Waals surface area contributed by atoms with Crippen molar-refractivity contribution >= 4 is 28.4 Å².